The molecule has 2 aromatic rings. The molecule has 0 fully saturated rings. The van der Waals surface area contributed by atoms with Crippen molar-refractivity contribution in [1.29, 1.82) is 0 Å². The number of benzene rings is 1. The maximum Gasteiger partial charge on any atom is 0.0992 e. The van der Waals surface area contributed by atoms with Crippen molar-refractivity contribution in [3.05, 3.63) is 56.2 Å². The molecular weight excluding hydrogens is 273 g/mol. The average molecular weight is 286 g/mol. The van der Waals surface area contributed by atoms with Gasteiger partial charge in [0.15, 0.2) is 0 Å². The Balaban J connectivity index is 2.26. The summed E-state index contributed by atoms with van der Waals surface area (Å²) < 4.78 is 1.37. The molecule has 1 aromatic heterocycles. The fraction of sp³-hybridized carbons (Fsp3) is 0.231. The highest BCUT2D eigenvalue weighted by atomic mass is 35.5. The fourth-order valence-corrected chi connectivity index (χ4v) is 3.38. The minimum absolute atomic E-state index is 0.131. The van der Waals surface area contributed by atoms with Gasteiger partial charge in [0.1, 0.15) is 0 Å². The number of hydrogen-bond acceptors (Lipinski definition) is 2. The highest BCUT2D eigenvalue weighted by Crippen LogP contribution is 2.39. The second-order valence-electron chi connectivity index (χ2n) is 4.00. The molecule has 0 radical (unpaired) electrons. The van der Waals surface area contributed by atoms with Crippen LogP contribution in [0.1, 0.15) is 30.0 Å². The molecule has 2 N–H and O–H groups in total. The second-order valence-corrected chi connectivity index (χ2v) is 6.29. The molecule has 17 heavy (non-hydrogen) atoms. The fourth-order valence-electron chi connectivity index (χ4n) is 1.81. The van der Waals surface area contributed by atoms with Crippen LogP contribution in [0.2, 0.25) is 8.67 Å². The highest BCUT2D eigenvalue weighted by Gasteiger charge is 2.20. The first-order valence-corrected chi connectivity index (χ1v) is 6.92. The van der Waals surface area contributed by atoms with E-state index in [4.69, 9.17) is 28.9 Å². The van der Waals surface area contributed by atoms with Gasteiger partial charge in [-0.1, -0.05) is 60.5 Å². The summed E-state index contributed by atoms with van der Waals surface area (Å²) in [5.41, 5.74) is 8.38. The molecule has 0 spiro atoms. The van der Waals surface area contributed by atoms with Crippen LogP contribution in [0.25, 0.3) is 0 Å². The van der Waals surface area contributed by atoms with Gasteiger partial charge in [0.2, 0.25) is 0 Å². The molecule has 4 heteroatoms. The van der Waals surface area contributed by atoms with Crippen LogP contribution in [0.3, 0.4) is 0 Å². The van der Waals surface area contributed by atoms with Gasteiger partial charge in [-0.2, -0.15) is 0 Å². The molecule has 0 aliphatic heterocycles. The van der Waals surface area contributed by atoms with Crippen molar-refractivity contribution >= 4 is 34.5 Å². The topological polar surface area (TPSA) is 26.0 Å². The van der Waals surface area contributed by atoms with Crippen molar-refractivity contribution < 1.29 is 0 Å². The Morgan fingerprint density at radius 3 is 2.35 bits per heavy atom. The van der Waals surface area contributed by atoms with Crippen molar-refractivity contribution in [2.75, 3.05) is 0 Å². The van der Waals surface area contributed by atoms with E-state index < -0.39 is 0 Å². The van der Waals surface area contributed by atoms with Gasteiger partial charge < -0.3 is 5.73 Å². The normalized spacial score (nSPS) is 14.6. The molecule has 0 amide bonds. The zero-order valence-corrected chi connectivity index (χ0v) is 11.7. The predicted molar refractivity (Wildman–Crippen MR) is 76.1 cm³/mol. The van der Waals surface area contributed by atoms with Crippen molar-refractivity contribution in [2.24, 2.45) is 5.73 Å². The number of halogens is 2. The standard InChI is InChI=1S/C13H13Cl2NS/c1-8(9-5-3-2-4-6-9)12(16)10-7-11(14)17-13(10)15/h2-8,12H,16H2,1H3. The van der Waals surface area contributed by atoms with Crippen molar-refractivity contribution in [2.45, 2.75) is 18.9 Å². The Morgan fingerprint density at radius 2 is 1.82 bits per heavy atom. The molecule has 1 heterocycles. The summed E-state index contributed by atoms with van der Waals surface area (Å²) in [6.45, 7) is 2.10. The Hall–Kier alpha value is -0.540. The van der Waals surface area contributed by atoms with Crippen LogP contribution in [0.15, 0.2) is 36.4 Å². The van der Waals surface area contributed by atoms with Crippen LogP contribution >= 0.6 is 34.5 Å². The van der Waals surface area contributed by atoms with Crippen LogP contribution < -0.4 is 5.73 Å². The minimum atomic E-state index is -0.131. The molecule has 2 atom stereocenters. The summed E-state index contributed by atoms with van der Waals surface area (Å²) in [5, 5.41) is 0. The first-order valence-electron chi connectivity index (χ1n) is 5.35. The van der Waals surface area contributed by atoms with Gasteiger partial charge >= 0.3 is 0 Å². The van der Waals surface area contributed by atoms with Gasteiger partial charge in [-0.25, -0.2) is 0 Å². The van der Waals surface area contributed by atoms with Crippen LogP contribution in [0, 0.1) is 0 Å². The lowest BCUT2D eigenvalue weighted by Crippen LogP contribution is -2.17. The van der Waals surface area contributed by atoms with Crippen molar-refractivity contribution in [3.63, 3.8) is 0 Å². The van der Waals surface area contributed by atoms with Gasteiger partial charge in [0.25, 0.3) is 0 Å². The number of thiophene rings is 1. The molecule has 0 aliphatic rings. The minimum Gasteiger partial charge on any atom is -0.323 e. The SMILES string of the molecule is CC(c1ccccc1)C(N)c1cc(Cl)sc1Cl. The lowest BCUT2D eigenvalue weighted by atomic mass is 9.90. The van der Waals surface area contributed by atoms with Crippen LogP contribution in [-0.4, -0.2) is 0 Å². The number of nitrogens with two attached hydrogens (primary N) is 1. The Kier molecular flexibility index (Phi) is 4.10. The third kappa shape index (κ3) is 2.83. The van der Waals surface area contributed by atoms with E-state index in [1.165, 1.54) is 16.9 Å². The number of rotatable bonds is 3. The zero-order valence-electron chi connectivity index (χ0n) is 9.36. The van der Waals surface area contributed by atoms with E-state index in [2.05, 4.69) is 19.1 Å². The Labute approximate surface area is 115 Å². The molecule has 0 saturated carbocycles. The molecule has 1 aromatic carbocycles. The van der Waals surface area contributed by atoms with E-state index in [9.17, 15) is 0 Å². The quantitative estimate of drug-likeness (QED) is 0.856. The Morgan fingerprint density at radius 1 is 1.18 bits per heavy atom. The summed E-state index contributed by atoms with van der Waals surface area (Å²) >= 11 is 13.4. The van der Waals surface area contributed by atoms with Crippen molar-refractivity contribution in [3.8, 4) is 0 Å². The van der Waals surface area contributed by atoms with E-state index in [-0.39, 0.29) is 12.0 Å². The maximum absolute atomic E-state index is 6.25. The molecule has 0 aliphatic carbocycles. The van der Waals surface area contributed by atoms with Crippen LogP contribution in [0.4, 0.5) is 0 Å². The smallest absolute Gasteiger partial charge is 0.0992 e. The first kappa shape index (κ1) is 12.9. The van der Waals surface area contributed by atoms with E-state index in [1.54, 1.807) is 0 Å². The molecule has 1 nitrogen and oxygen atoms in total. The summed E-state index contributed by atoms with van der Waals surface area (Å²) in [4.78, 5) is 0. The number of hydrogen-bond donors (Lipinski definition) is 1. The lowest BCUT2D eigenvalue weighted by Gasteiger charge is -2.20. The van der Waals surface area contributed by atoms with Crippen LogP contribution in [-0.2, 0) is 0 Å². The highest BCUT2D eigenvalue weighted by molar-refractivity contribution is 7.20. The van der Waals surface area contributed by atoms with E-state index in [0.29, 0.717) is 8.67 Å². The summed E-state index contributed by atoms with van der Waals surface area (Å²) in [6.07, 6.45) is 0. The lowest BCUT2D eigenvalue weighted by molar-refractivity contribution is 0.600. The van der Waals surface area contributed by atoms with Crippen LogP contribution in [0.5, 0.6) is 0 Å². The molecule has 2 rings (SSSR count). The summed E-state index contributed by atoms with van der Waals surface area (Å²) in [6, 6.07) is 11.9. The van der Waals surface area contributed by atoms with Gasteiger partial charge in [-0.15, -0.1) is 11.3 Å². The second kappa shape index (κ2) is 5.40. The molecular formula is C13H13Cl2NS. The summed E-state index contributed by atoms with van der Waals surface area (Å²) in [5.74, 6) is 0.208. The molecule has 90 valence electrons. The third-order valence-corrected chi connectivity index (χ3v) is 4.42. The zero-order chi connectivity index (χ0) is 12.4. The largest absolute Gasteiger partial charge is 0.323 e. The van der Waals surface area contributed by atoms with Gasteiger partial charge in [0.05, 0.1) is 8.67 Å². The maximum atomic E-state index is 6.25. The molecule has 0 bridgehead atoms. The van der Waals surface area contributed by atoms with E-state index in [1.807, 2.05) is 24.3 Å². The monoisotopic (exact) mass is 285 g/mol. The van der Waals surface area contributed by atoms with Gasteiger partial charge in [0, 0.05) is 17.5 Å². The summed E-state index contributed by atoms with van der Waals surface area (Å²) in [7, 11) is 0. The Bertz CT molecular complexity index is 495. The van der Waals surface area contributed by atoms with E-state index >= 15 is 0 Å². The van der Waals surface area contributed by atoms with Crippen molar-refractivity contribution in [1.82, 2.24) is 0 Å². The van der Waals surface area contributed by atoms with E-state index in [0.717, 1.165) is 5.56 Å². The predicted octanol–water partition coefficient (Wildman–Crippen LogP) is 4.86. The average Bonchev–Trinajstić information content (AvgIpc) is 2.68. The van der Waals surface area contributed by atoms with Gasteiger partial charge in [-0.3, -0.25) is 0 Å². The first-order chi connectivity index (χ1) is 8.09. The van der Waals surface area contributed by atoms with Gasteiger partial charge in [-0.05, 0) is 11.6 Å². The third-order valence-electron chi connectivity index (χ3n) is 2.91. The molecule has 0 saturated heterocycles. The molecule has 2 unspecified atom stereocenters.